The lowest BCUT2D eigenvalue weighted by atomic mass is 10.1. The normalized spacial score (nSPS) is 13.8. The van der Waals surface area contributed by atoms with E-state index in [1.165, 1.54) is 0 Å². The molecule has 3 N–H and O–H groups in total. The quantitative estimate of drug-likeness (QED) is 0.760. The predicted octanol–water partition coefficient (Wildman–Crippen LogP) is 1.96. The number of carboxylic acids is 1. The summed E-state index contributed by atoms with van der Waals surface area (Å²) >= 11 is 0. The second-order valence-corrected chi connectivity index (χ2v) is 5.49. The topological polar surface area (TPSA) is 95.1 Å². The smallest absolute Gasteiger partial charge is 0.335 e. The van der Waals surface area contributed by atoms with E-state index >= 15 is 0 Å². The Morgan fingerprint density at radius 2 is 2.00 bits per heavy atom. The van der Waals surface area contributed by atoms with Crippen LogP contribution in [0, 0.1) is 0 Å². The molecule has 0 atom stereocenters. The van der Waals surface area contributed by atoms with E-state index < -0.39 is 5.97 Å². The van der Waals surface area contributed by atoms with E-state index in [4.69, 9.17) is 5.11 Å². The van der Waals surface area contributed by atoms with E-state index in [2.05, 4.69) is 15.5 Å². The van der Waals surface area contributed by atoms with Gasteiger partial charge in [0.1, 0.15) is 5.69 Å². The van der Waals surface area contributed by atoms with Gasteiger partial charge in [0.15, 0.2) is 0 Å². The molecule has 22 heavy (non-hydrogen) atoms. The van der Waals surface area contributed by atoms with E-state index in [1.807, 2.05) is 6.07 Å². The Bertz CT molecular complexity index is 687. The summed E-state index contributed by atoms with van der Waals surface area (Å²) in [5, 5.41) is 18.6. The lowest BCUT2D eigenvalue weighted by Crippen LogP contribution is -2.26. The molecule has 0 unspecified atom stereocenters. The van der Waals surface area contributed by atoms with Crippen LogP contribution in [0.4, 0.5) is 0 Å². The monoisotopic (exact) mass is 299 g/mol. The van der Waals surface area contributed by atoms with Gasteiger partial charge in [-0.1, -0.05) is 12.1 Å². The van der Waals surface area contributed by atoms with E-state index in [1.54, 1.807) is 24.3 Å². The van der Waals surface area contributed by atoms with Crippen molar-refractivity contribution in [3.63, 3.8) is 0 Å². The van der Waals surface area contributed by atoms with Crippen molar-refractivity contribution >= 4 is 11.9 Å². The van der Waals surface area contributed by atoms with Gasteiger partial charge in [0.2, 0.25) is 0 Å². The number of hydrogen-bond donors (Lipinski definition) is 3. The van der Waals surface area contributed by atoms with Crippen LogP contribution in [0.2, 0.25) is 0 Å². The number of rotatable bonds is 6. The minimum atomic E-state index is -0.940. The van der Waals surface area contributed by atoms with Gasteiger partial charge in [-0.3, -0.25) is 9.89 Å². The zero-order chi connectivity index (χ0) is 15.5. The Balaban J connectivity index is 1.49. The number of aromatic amines is 1. The minimum absolute atomic E-state index is 0.190. The summed E-state index contributed by atoms with van der Waals surface area (Å²) < 4.78 is 0. The molecule has 1 aromatic heterocycles. The van der Waals surface area contributed by atoms with Gasteiger partial charge in [0.25, 0.3) is 5.91 Å². The summed E-state index contributed by atoms with van der Waals surface area (Å²) in [7, 11) is 0. The Labute approximate surface area is 127 Å². The Morgan fingerprint density at radius 1 is 1.27 bits per heavy atom. The van der Waals surface area contributed by atoms with Crippen molar-refractivity contribution in [3.8, 4) is 0 Å². The first-order valence-electron chi connectivity index (χ1n) is 7.29. The Morgan fingerprint density at radius 3 is 2.64 bits per heavy atom. The number of nitrogens with one attached hydrogen (secondary N) is 2. The van der Waals surface area contributed by atoms with Crippen LogP contribution in [0.25, 0.3) is 0 Å². The molecule has 6 heteroatoms. The maximum atomic E-state index is 12.0. The average Bonchev–Trinajstić information content (AvgIpc) is 3.25. The van der Waals surface area contributed by atoms with Gasteiger partial charge in [0, 0.05) is 18.2 Å². The molecule has 0 saturated heterocycles. The zero-order valence-corrected chi connectivity index (χ0v) is 12.0. The maximum Gasteiger partial charge on any atom is 0.335 e. The molecule has 0 bridgehead atoms. The number of aromatic carboxylic acids is 1. The summed E-state index contributed by atoms with van der Waals surface area (Å²) in [6, 6.07) is 8.46. The second-order valence-electron chi connectivity index (χ2n) is 5.49. The van der Waals surface area contributed by atoms with Crippen molar-refractivity contribution in [1.29, 1.82) is 0 Å². The third kappa shape index (κ3) is 3.33. The fourth-order valence-corrected chi connectivity index (χ4v) is 2.28. The van der Waals surface area contributed by atoms with Crippen molar-refractivity contribution in [2.75, 3.05) is 6.54 Å². The molecule has 1 fully saturated rings. The first kappa shape index (κ1) is 14.3. The number of carboxylic acid groups (broad SMARTS) is 1. The molecule has 1 aromatic carbocycles. The summed E-state index contributed by atoms with van der Waals surface area (Å²) in [4.78, 5) is 22.7. The molecule has 3 rings (SSSR count). The molecule has 0 radical (unpaired) electrons. The molecular weight excluding hydrogens is 282 g/mol. The van der Waals surface area contributed by atoms with Crippen LogP contribution < -0.4 is 5.32 Å². The number of aromatic nitrogens is 2. The summed E-state index contributed by atoms with van der Waals surface area (Å²) in [6.07, 6.45) is 2.97. The van der Waals surface area contributed by atoms with Gasteiger partial charge < -0.3 is 10.4 Å². The largest absolute Gasteiger partial charge is 0.478 e. The van der Waals surface area contributed by atoms with E-state index in [9.17, 15) is 9.59 Å². The lowest BCUT2D eigenvalue weighted by Gasteiger charge is -2.04. The van der Waals surface area contributed by atoms with Crippen LogP contribution in [-0.2, 0) is 6.42 Å². The Hall–Kier alpha value is -2.63. The molecule has 1 aliphatic carbocycles. The standard InChI is InChI=1S/C16H17N3O3/c20-15(14-9-13(18-19-14)11-5-6-11)17-8-7-10-1-3-12(4-2-10)16(21)22/h1-4,9,11H,5-8H2,(H,17,20)(H,18,19)(H,21,22). The molecule has 1 saturated carbocycles. The average molecular weight is 299 g/mol. The Kier molecular flexibility index (Phi) is 3.91. The van der Waals surface area contributed by atoms with E-state index in [0.717, 1.165) is 24.1 Å². The minimum Gasteiger partial charge on any atom is -0.478 e. The van der Waals surface area contributed by atoms with Crippen molar-refractivity contribution in [2.24, 2.45) is 0 Å². The highest BCUT2D eigenvalue weighted by atomic mass is 16.4. The van der Waals surface area contributed by atoms with Crippen LogP contribution in [-0.4, -0.2) is 33.7 Å². The summed E-state index contributed by atoms with van der Waals surface area (Å²) in [5.41, 5.74) is 2.69. The molecule has 6 nitrogen and oxygen atoms in total. The molecule has 1 aliphatic rings. The molecule has 0 spiro atoms. The van der Waals surface area contributed by atoms with Crippen molar-refractivity contribution in [3.05, 3.63) is 52.8 Å². The van der Waals surface area contributed by atoms with Gasteiger partial charge in [-0.25, -0.2) is 4.79 Å². The van der Waals surface area contributed by atoms with Crippen LogP contribution in [0.5, 0.6) is 0 Å². The highest BCUT2D eigenvalue weighted by Crippen LogP contribution is 2.38. The molecule has 1 heterocycles. The predicted molar refractivity (Wildman–Crippen MR) is 80.0 cm³/mol. The third-order valence-corrected chi connectivity index (χ3v) is 3.75. The lowest BCUT2D eigenvalue weighted by molar-refractivity contribution is 0.0696. The van der Waals surface area contributed by atoms with E-state index in [0.29, 0.717) is 24.6 Å². The number of amides is 1. The first-order chi connectivity index (χ1) is 10.6. The van der Waals surface area contributed by atoms with Gasteiger partial charge in [-0.2, -0.15) is 5.10 Å². The van der Waals surface area contributed by atoms with Gasteiger partial charge in [-0.05, 0) is 43.0 Å². The van der Waals surface area contributed by atoms with Crippen molar-refractivity contribution in [2.45, 2.75) is 25.2 Å². The van der Waals surface area contributed by atoms with Gasteiger partial charge in [0.05, 0.1) is 5.56 Å². The fraction of sp³-hybridized carbons (Fsp3) is 0.312. The molecule has 1 amide bonds. The number of benzene rings is 1. The van der Waals surface area contributed by atoms with E-state index in [-0.39, 0.29) is 11.5 Å². The molecular formula is C16H17N3O3. The second kappa shape index (κ2) is 6.01. The SMILES string of the molecule is O=C(O)c1ccc(CCNC(=O)c2cc(C3CC3)[nH]n2)cc1. The zero-order valence-electron chi connectivity index (χ0n) is 12.0. The van der Waals surface area contributed by atoms with Crippen LogP contribution in [0.1, 0.15) is 50.9 Å². The third-order valence-electron chi connectivity index (χ3n) is 3.75. The van der Waals surface area contributed by atoms with Gasteiger partial charge in [-0.15, -0.1) is 0 Å². The first-order valence-corrected chi connectivity index (χ1v) is 7.29. The number of carbonyl (C=O) groups is 2. The molecule has 0 aliphatic heterocycles. The maximum absolute atomic E-state index is 12.0. The van der Waals surface area contributed by atoms with Crippen LogP contribution in [0.15, 0.2) is 30.3 Å². The van der Waals surface area contributed by atoms with Crippen molar-refractivity contribution < 1.29 is 14.7 Å². The fourth-order valence-electron chi connectivity index (χ4n) is 2.28. The summed E-state index contributed by atoms with van der Waals surface area (Å²) in [5.74, 6) is -0.586. The van der Waals surface area contributed by atoms with Crippen LogP contribution in [0.3, 0.4) is 0 Å². The number of H-pyrrole nitrogens is 1. The van der Waals surface area contributed by atoms with Crippen molar-refractivity contribution in [1.82, 2.24) is 15.5 Å². The van der Waals surface area contributed by atoms with Gasteiger partial charge >= 0.3 is 5.97 Å². The summed E-state index contributed by atoms with van der Waals surface area (Å²) in [6.45, 7) is 0.483. The number of nitrogens with zero attached hydrogens (tertiary/aromatic N) is 1. The highest BCUT2D eigenvalue weighted by molar-refractivity contribution is 5.92. The number of hydrogen-bond acceptors (Lipinski definition) is 3. The highest BCUT2D eigenvalue weighted by Gasteiger charge is 2.26. The number of carbonyl (C=O) groups excluding carboxylic acids is 1. The molecule has 114 valence electrons. The van der Waals surface area contributed by atoms with Crippen LogP contribution >= 0.6 is 0 Å². The molecule has 2 aromatic rings.